The maximum atomic E-state index is 10.9. The van der Waals surface area contributed by atoms with Crippen molar-refractivity contribution in [3.8, 4) is 0 Å². The van der Waals surface area contributed by atoms with Crippen LogP contribution in [0.2, 0.25) is 5.02 Å². The van der Waals surface area contributed by atoms with Crippen LogP contribution in [0, 0.1) is 0 Å². The van der Waals surface area contributed by atoms with E-state index in [9.17, 15) is 4.79 Å². The van der Waals surface area contributed by atoms with Crippen LogP contribution in [0.3, 0.4) is 0 Å². The summed E-state index contributed by atoms with van der Waals surface area (Å²) in [5.74, 6) is 0.0302. The zero-order chi connectivity index (χ0) is 11.3. The lowest BCUT2D eigenvalue weighted by molar-refractivity contribution is 0.0693. The number of carboxylic acids is 1. The Labute approximate surface area is 98.6 Å². The average molecular weight is 245 g/mol. The molecule has 15 heavy (non-hydrogen) atoms. The van der Waals surface area contributed by atoms with Gasteiger partial charge in [0.25, 0.3) is 0 Å². The van der Waals surface area contributed by atoms with Crippen LogP contribution >= 0.6 is 23.4 Å². The molecule has 0 bridgehead atoms. The van der Waals surface area contributed by atoms with E-state index in [2.05, 4.69) is 6.92 Å². The van der Waals surface area contributed by atoms with Crippen LogP contribution in [0.4, 0.5) is 0 Å². The van der Waals surface area contributed by atoms with Gasteiger partial charge < -0.3 is 5.11 Å². The van der Waals surface area contributed by atoms with Crippen molar-refractivity contribution in [1.29, 1.82) is 0 Å². The van der Waals surface area contributed by atoms with E-state index in [4.69, 9.17) is 16.7 Å². The van der Waals surface area contributed by atoms with Crippen molar-refractivity contribution in [3.05, 3.63) is 28.8 Å². The SMILES string of the molecule is CCCCSc1cc(Cl)ccc1C(=O)O. The number of thioether (sulfide) groups is 1. The first-order chi connectivity index (χ1) is 7.15. The molecule has 0 aliphatic rings. The summed E-state index contributed by atoms with van der Waals surface area (Å²) in [6, 6.07) is 4.87. The molecule has 0 heterocycles. The molecule has 1 aromatic carbocycles. The normalized spacial score (nSPS) is 10.3. The molecule has 4 heteroatoms. The fraction of sp³-hybridized carbons (Fsp3) is 0.364. The highest BCUT2D eigenvalue weighted by Gasteiger charge is 2.10. The van der Waals surface area contributed by atoms with Gasteiger partial charge in [-0.1, -0.05) is 24.9 Å². The molecule has 0 aromatic heterocycles. The molecule has 82 valence electrons. The van der Waals surface area contributed by atoms with Crippen molar-refractivity contribution in [1.82, 2.24) is 0 Å². The third-order valence-electron chi connectivity index (χ3n) is 1.93. The van der Waals surface area contributed by atoms with Gasteiger partial charge in [-0.25, -0.2) is 4.79 Å². The number of unbranched alkanes of at least 4 members (excludes halogenated alkanes) is 1. The van der Waals surface area contributed by atoms with Gasteiger partial charge in [0.1, 0.15) is 0 Å². The first-order valence-corrected chi connectivity index (χ1v) is 6.17. The first-order valence-electron chi connectivity index (χ1n) is 4.80. The summed E-state index contributed by atoms with van der Waals surface area (Å²) < 4.78 is 0. The molecule has 0 radical (unpaired) electrons. The van der Waals surface area contributed by atoms with Crippen molar-refractivity contribution >= 4 is 29.3 Å². The zero-order valence-corrected chi connectivity index (χ0v) is 10.1. The third-order valence-corrected chi connectivity index (χ3v) is 3.31. The maximum absolute atomic E-state index is 10.9. The summed E-state index contributed by atoms with van der Waals surface area (Å²) in [6.07, 6.45) is 2.19. The minimum Gasteiger partial charge on any atom is -0.478 e. The molecule has 0 spiro atoms. The number of rotatable bonds is 5. The number of carbonyl (C=O) groups is 1. The quantitative estimate of drug-likeness (QED) is 0.630. The van der Waals surface area contributed by atoms with Crippen molar-refractivity contribution in [3.63, 3.8) is 0 Å². The minimum absolute atomic E-state index is 0.334. The van der Waals surface area contributed by atoms with Crippen LogP contribution in [-0.2, 0) is 0 Å². The maximum Gasteiger partial charge on any atom is 0.336 e. The molecule has 0 aliphatic carbocycles. The van der Waals surface area contributed by atoms with Gasteiger partial charge in [0, 0.05) is 9.92 Å². The highest BCUT2D eigenvalue weighted by molar-refractivity contribution is 7.99. The predicted molar refractivity (Wildman–Crippen MR) is 64.0 cm³/mol. The van der Waals surface area contributed by atoms with Gasteiger partial charge in [-0.15, -0.1) is 11.8 Å². The summed E-state index contributed by atoms with van der Waals surface area (Å²) in [5.41, 5.74) is 0.334. The minimum atomic E-state index is -0.898. The largest absolute Gasteiger partial charge is 0.478 e. The number of hydrogen-bond acceptors (Lipinski definition) is 2. The Hall–Kier alpha value is -0.670. The second-order valence-corrected chi connectivity index (χ2v) is 4.72. The number of benzene rings is 1. The highest BCUT2D eigenvalue weighted by atomic mass is 35.5. The zero-order valence-electron chi connectivity index (χ0n) is 8.50. The Morgan fingerprint density at radius 1 is 1.53 bits per heavy atom. The van der Waals surface area contributed by atoms with E-state index < -0.39 is 5.97 Å². The number of aromatic carboxylic acids is 1. The van der Waals surface area contributed by atoms with Crippen LogP contribution in [0.5, 0.6) is 0 Å². The molecule has 1 N–H and O–H groups in total. The first kappa shape index (κ1) is 12.4. The Balaban J connectivity index is 2.82. The fourth-order valence-electron chi connectivity index (χ4n) is 1.12. The predicted octanol–water partition coefficient (Wildman–Crippen LogP) is 3.93. The van der Waals surface area contributed by atoms with Gasteiger partial charge in [0.15, 0.2) is 0 Å². The van der Waals surface area contributed by atoms with Crippen molar-refractivity contribution in [2.45, 2.75) is 24.7 Å². The van der Waals surface area contributed by atoms with E-state index in [1.165, 1.54) is 0 Å². The summed E-state index contributed by atoms with van der Waals surface area (Å²) in [5, 5.41) is 9.54. The molecule has 0 amide bonds. The van der Waals surface area contributed by atoms with E-state index in [-0.39, 0.29) is 0 Å². The Morgan fingerprint density at radius 3 is 2.87 bits per heavy atom. The van der Waals surface area contributed by atoms with E-state index >= 15 is 0 Å². The van der Waals surface area contributed by atoms with E-state index in [1.54, 1.807) is 30.0 Å². The topological polar surface area (TPSA) is 37.3 Å². The smallest absolute Gasteiger partial charge is 0.336 e. The molecule has 0 aliphatic heterocycles. The molecule has 0 saturated heterocycles. The lowest BCUT2D eigenvalue weighted by atomic mass is 10.2. The van der Waals surface area contributed by atoms with Crippen LogP contribution in [0.15, 0.2) is 23.1 Å². The van der Waals surface area contributed by atoms with Crippen LogP contribution in [0.1, 0.15) is 30.1 Å². The molecule has 0 saturated carbocycles. The van der Waals surface area contributed by atoms with Crippen molar-refractivity contribution in [2.75, 3.05) is 5.75 Å². The Morgan fingerprint density at radius 2 is 2.27 bits per heavy atom. The third kappa shape index (κ3) is 3.76. The highest BCUT2D eigenvalue weighted by Crippen LogP contribution is 2.27. The van der Waals surface area contributed by atoms with Gasteiger partial charge >= 0.3 is 5.97 Å². The lowest BCUT2D eigenvalue weighted by Crippen LogP contribution is -1.98. The van der Waals surface area contributed by atoms with Gasteiger partial charge in [0.2, 0.25) is 0 Å². The Bertz CT molecular complexity index is 352. The fourth-order valence-corrected chi connectivity index (χ4v) is 2.53. The van der Waals surface area contributed by atoms with Crippen LogP contribution < -0.4 is 0 Å². The summed E-state index contributed by atoms with van der Waals surface area (Å²) >= 11 is 7.38. The second-order valence-electron chi connectivity index (χ2n) is 3.15. The molecule has 2 nitrogen and oxygen atoms in total. The van der Waals surface area contributed by atoms with Crippen molar-refractivity contribution < 1.29 is 9.90 Å². The van der Waals surface area contributed by atoms with Crippen LogP contribution in [0.25, 0.3) is 0 Å². The second kappa shape index (κ2) is 6.03. The van der Waals surface area contributed by atoms with Gasteiger partial charge in [-0.2, -0.15) is 0 Å². The molecular formula is C11H13ClO2S. The van der Waals surface area contributed by atoms with E-state index in [0.29, 0.717) is 10.6 Å². The van der Waals surface area contributed by atoms with Gasteiger partial charge in [-0.05, 0) is 30.4 Å². The summed E-state index contributed by atoms with van der Waals surface area (Å²) in [7, 11) is 0. The number of carboxylic acid groups (broad SMARTS) is 1. The van der Waals surface area contributed by atoms with E-state index in [0.717, 1.165) is 23.5 Å². The van der Waals surface area contributed by atoms with Gasteiger partial charge in [0.05, 0.1) is 5.56 Å². The molecule has 1 aromatic rings. The average Bonchev–Trinajstić information content (AvgIpc) is 2.18. The molecular weight excluding hydrogens is 232 g/mol. The lowest BCUT2D eigenvalue weighted by Gasteiger charge is -2.05. The number of halogens is 1. The van der Waals surface area contributed by atoms with Gasteiger partial charge in [-0.3, -0.25) is 0 Å². The molecule has 0 fully saturated rings. The van der Waals surface area contributed by atoms with E-state index in [1.807, 2.05) is 0 Å². The molecule has 0 unspecified atom stereocenters. The summed E-state index contributed by atoms with van der Waals surface area (Å²) in [4.78, 5) is 11.7. The van der Waals surface area contributed by atoms with Crippen LogP contribution in [-0.4, -0.2) is 16.8 Å². The molecule has 0 atom stereocenters. The standard InChI is InChI=1S/C11H13ClO2S/c1-2-3-6-15-10-7-8(12)4-5-9(10)11(13)14/h4-5,7H,2-3,6H2,1H3,(H,13,14). The monoisotopic (exact) mass is 244 g/mol. The van der Waals surface area contributed by atoms with Crippen molar-refractivity contribution in [2.24, 2.45) is 0 Å². The Kier molecular flexibility index (Phi) is 4.99. The number of hydrogen-bond donors (Lipinski definition) is 1. The summed E-state index contributed by atoms with van der Waals surface area (Å²) in [6.45, 7) is 2.11. The molecule has 1 rings (SSSR count).